The molecule has 0 amide bonds. The third-order valence-electron chi connectivity index (χ3n) is 5.92. The lowest BCUT2D eigenvalue weighted by atomic mass is 10.0. The highest BCUT2D eigenvalue weighted by Gasteiger charge is 2.48. The Hall–Kier alpha value is -3.71. The van der Waals surface area contributed by atoms with E-state index in [9.17, 15) is 10.1 Å². The number of nitriles is 1. The van der Waals surface area contributed by atoms with E-state index in [2.05, 4.69) is 0 Å². The van der Waals surface area contributed by atoms with Gasteiger partial charge in [-0.25, -0.2) is 13.8 Å². The van der Waals surface area contributed by atoms with Crippen LogP contribution in [0.5, 0.6) is 0 Å². The molecule has 9 heteroatoms. The zero-order chi connectivity index (χ0) is 25.5. The summed E-state index contributed by atoms with van der Waals surface area (Å²) in [6.45, 7) is 2.34. The highest BCUT2D eigenvalue weighted by Crippen LogP contribution is 2.41. The smallest absolute Gasteiger partial charge is 0.419 e. The van der Waals surface area contributed by atoms with Gasteiger partial charge in [0.1, 0.15) is 24.4 Å². The topological polar surface area (TPSA) is 109 Å². The number of alkyl halides is 1. The second-order valence-electron chi connectivity index (χ2n) is 8.33. The number of carbonyl (C=O) groups excluding carboxylic acids is 1. The number of carbonyl (C=O) groups is 1. The van der Waals surface area contributed by atoms with Crippen LogP contribution in [0.4, 0.5) is 14.9 Å². The summed E-state index contributed by atoms with van der Waals surface area (Å²) in [7, 11) is 0. The minimum atomic E-state index is -1.62. The molecule has 0 spiro atoms. The predicted octanol–water partition coefficient (Wildman–Crippen LogP) is 4.53. The van der Waals surface area contributed by atoms with E-state index in [1.165, 1.54) is 6.20 Å². The van der Waals surface area contributed by atoms with Crippen LogP contribution >= 0.6 is 0 Å². The summed E-state index contributed by atoms with van der Waals surface area (Å²) in [6, 6.07) is 20.9. The Labute approximate surface area is 208 Å². The van der Waals surface area contributed by atoms with Crippen LogP contribution in [0.2, 0.25) is 0 Å². The Morgan fingerprint density at radius 2 is 1.75 bits per heavy atom. The molecular formula is C27H28FN3O5. The normalized spacial score (nSPS) is 21.2. The van der Waals surface area contributed by atoms with Crippen molar-refractivity contribution in [1.82, 2.24) is 4.57 Å². The molecule has 0 saturated carbocycles. The summed E-state index contributed by atoms with van der Waals surface area (Å²) in [5, 5.41) is 9.54. The lowest BCUT2D eigenvalue weighted by molar-refractivity contribution is -0.0736. The highest BCUT2D eigenvalue weighted by molar-refractivity contribution is 5.77. The first kappa shape index (κ1) is 25.4. The van der Waals surface area contributed by atoms with Gasteiger partial charge in [0.2, 0.25) is 0 Å². The van der Waals surface area contributed by atoms with Crippen molar-refractivity contribution in [3.05, 3.63) is 89.2 Å². The maximum atomic E-state index is 15.8. The number of nitrogen functional groups attached to an aromatic ring is 1. The van der Waals surface area contributed by atoms with Crippen molar-refractivity contribution in [2.24, 2.45) is 0 Å². The molecule has 1 unspecified atom stereocenters. The van der Waals surface area contributed by atoms with Crippen molar-refractivity contribution in [3.8, 4) is 6.07 Å². The molecule has 1 aliphatic rings. The van der Waals surface area contributed by atoms with Gasteiger partial charge >= 0.3 is 6.09 Å². The molecule has 2 heterocycles. The fraction of sp³-hybridized carbons (Fsp3) is 0.333. The van der Waals surface area contributed by atoms with Crippen LogP contribution in [-0.4, -0.2) is 42.3 Å². The van der Waals surface area contributed by atoms with Crippen LogP contribution < -0.4 is 5.73 Å². The molecule has 3 aromatic rings. The standard InChI is InChI=1S/C27H28FN3O5/c1-2-34-27(32)31-14-20(24(30)21(31)13-29)25-23(28)26(35-16-19-11-7-4-8-12-19)22(36-25)17-33-15-18-9-5-3-6-10-18/h3-12,14,22-23,25-26H,2,15-17,30H2,1H3/t22-,23+,25?,26-/m1/s1. The summed E-state index contributed by atoms with van der Waals surface area (Å²) in [6.07, 6.45) is -3.95. The van der Waals surface area contributed by atoms with Gasteiger partial charge in [0.15, 0.2) is 11.9 Å². The number of aromatic nitrogens is 1. The van der Waals surface area contributed by atoms with Crippen molar-refractivity contribution in [2.75, 3.05) is 18.9 Å². The molecule has 1 aromatic heterocycles. The number of nitrogens with two attached hydrogens (primary N) is 1. The molecule has 0 bridgehead atoms. The Kier molecular flexibility index (Phi) is 8.33. The lowest BCUT2D eigenvalue weighted by Crippen LogP contribution is -2.34. The van der Waals surface area contributed by atoms with Gasteiger partial charge < -0.3 is 24.7 Å². The lowest BCUT2D eigenvalue weighted by Gasteiger charge is -2.20. The first-order valence-electron chi connectivity index (χ1n) is 11.7. The first-order chi connectivity index (χ1) is 17.5. The Morgan fingerprint density at radius 1 is 1.11 bits per heavy atom. The summed E-state index contributed by atoms with van der Waals surface area (Å²) >= 11 is 0. The average Bonchev–Trinajstić information content (AvgIpc) is 3.39. The fourth-order valence-electron chi connectivity index (χ4n) is 4.15. The molecule has 2 aromatic carbocycles. The van der Waals surface area contributed by atoms with Crippen molar-refractivity contribution in [1.29, 1.82) is 5.26 Å². The summed E-state index contributed by atoms with van der Waals surface area (Å²) < 4.78 is 39.7. The Bertz CT molecular complexity index is 1200. The first-order valence-corrected chi connectivity index (χ1v) is 11.7. The Balaban J connectivity index is 1.55. The van der Waals surface area contributed by atoms with Gasteiger partial charge in [0.05, 0.1) is 32.1 Å². The summed E-state index contributed by atoms with van der Waals surface area (Å²) in [5.74, 6) is 0. The van der Waals surface area contributed by atoms with Crippen LogP contribution in [0.1, 0.15) is 35.4 Å². The number of rotatable bonds is 9. The number of ether oxygens (including phenoxy) is 4. The highest BCUT2D eigenvalue weighted by atomic mass is 19.1. The molecule has 1 fully saturated rings. The number of benzene rings is 2. The SMILES string of the molecule is CCOC(=O)n1cc(C2O[C@H](COCc3ccccc3)[C@@H](OCc3ccccc3)[C@H]2F)c(N)c1C#N. The number of hydrogen-bond donors (Lipinski definition) is 1. The van der Waals surface area contributed by atoms with Crippen LogP contribution in [0.3, 0.4) is 0 Å². The fourth-order valence-corrected chi connectivity index (χ4v) is 4.15. The largest absolute Gasteiger partial charge is 0.449 e. The van der Waals surface area contributed by atoms with Gasteiger partial charge in [-0.1, -0.05) is 60.7 Å². The number of halogens is 1. The van der Waals surface area contributed by atoms with Gasteiger partial charge in [-0.2, -0.15) is 5.26 Å². The number of nitrogens with zero attached hydrogens (tertiary/aromatic N) is 2. The average molecular weight is 494 g/mol. The quantitative estimate of drug-likeness (QED) is 0.467. The van der Waals surface area contributed by atoms with Crippen LogP contribution in [0.15, 0.2) is 66.9 Å². The third-order valence-corrected chi connectivity index (χ3v) is 5.92. The number of anilines is 1. The van der Waals surface area contributed by atoms with Gasteiger partial charge in [0, 0.05) is 11.8 Å². The van der Waals surface area contributed by atoms with E-state index in [1.54, 1.807) is 6.92 Å². The molecule has 188 valence electrons. The van der Waals surface area contributed by atoms with Gasteiger partial charge in [-0.05, 0) is 18.1 Å². The van der Waals surface area contributed by atoms with E-state index in [-0.39, 0.29) is 36.8 Å². The van der Waals surface area contributed by atoms with Gasteiger partial charge in [-0.3, -0.25) is 0 Å². The minimum absolute atomic E-state index is 0.0362. The minimum Gasteiger partial charge on any atom is -0.449 e. The van der Waals surface area contributed by atoms with Crippen molar-refractivity contribution in [2.45, 2.75) is 44.6 Å². The zero-order valence-electron chi connectivity index (χ0n) is 19.9. The molecule has 4 rings (SSSR count). The van der Waals surface area contributed by atoms with Crippen molar-refractivity contribution in [3.63, 3.8) is 0 Å². The molecule has 0 radical (unpaired) electrons. The van der Waals surface area contributed by atoms with E-state index >= 15 is 4.39 Å². The van der Waals surface area contributed by atoms with E-state index < -0.39 is 30.6 Å². The molecule has 36 heavy (non-hydrogen) atoms. The molecule has 0 aliphatic carbocycles. The maximum absolute atomic E-state index is 15.8. The van der Waals surface area contributed by atoms with Crippen molar-refractivity contribution < 1.29 is 28.1 Å². The number of hydrogen-bond acceptors (Lipinski definition) is 7. The Morgan fingerprint density at radius 3 is 2.36 bits per heavy atom. The van der Waals surface area contributed by atoms with Crippen LogP contribution in [0, 0.1) is 11.3 Å². The van der Waals surface area contributed by atoms with E-state index in [0.717, 1.165) is 15.7 Å². The van der Waals surface area contributed by atoms with E-state index in [4.69, 9.17) is 24.7 Å². The second-order valence-corrected chi connectivity index (χ2v) is 8.33. The molecule has 1 aliphatic heterocycles. The van der Waals surface area contributed by atoms with E-state index in [1.807, 2.05) is 66.7 Å². The van der Waals surface area contributed by atoms with Gasteiger partial charge in [-0.15, -0.1) is 0 Å². The van der Waals surface area contributed by atoms with Gasteiger partial charge in [0.25, 0.3) is 0 Å². The maximum Gasteiger partial charge on any atom is 0.419 e. The third kappa shape index (κ3) is 5.57. The van der Waals surface area contributed by atoms with E-state index in [0.29, 0.717) is 6.61 Å². The summed E-state index contributed by atoms with van der Waals surface area (Å²) in [5.41, 5.74) is 8.03. The monoisotopic (exact) mass is 493 g/mol. The zero-order valence-corrected chi connectivity index (χ0v) is 19.9. The molecule has 8 nitrogen and oxygen atoms in total. The van der Waals surface area contributed by atoms with Crippen LogP contribution in [0.25, 0.3) is 0 Å². The molecule has 4 atom stereocenters. The molecule has 1 saturated heterocycles. The molecule has 2 N–H and O–H groups in total. The summed E-state index contributed by atoms with van der Waals surface area (Å²) in [4.78, 5) is 12.3. The second kappa shape index (κ2) is 11.8. The predicted molar refractivity (Wildman–Crippen MR) is 130 cm³/mol. The van der Waals surface area contributed by atoms with Crippen molar-refractivity contribution >= 4 is 11.8 Å². The molecular weight excluding hydrogens is 465 g/mol. The van der Waals surface area contributed by atoms with Crippen LogP contribution in [-0.2, 0) is 32.2 Å².